The van der Waals surface area contributed by atoms with Crippen molar-refractivity contribution in [2.24, 2.45) is 5.92 Å². The molecule has 1 heterocycles. The zero-order chi connectivity index (χ0) is 12.9. The molecule has 102 valence electrons. The fraction of sp³-hybridized carbons (Fsp3) is 1.00. The molecule has 1 atom stereocenters. The molecule has 1 rings (SSSR count). The van der Waals surface area contributed by atoms with E-state index in [1.54, 1.807) is 0 Å². The molecule has 2 nitrogen and oxygen atoms in total. The summed E-state index contributed by atoms with van der Waals surface area (Å²) in [4.78, 5) is 2.67. The van der Waals surface area contributed by atoms with Crippen LogP contribution >= 0.6 is 11.8 Å². The minimum atomic E-state index is 0.471. The van der Waals surface area contributed by atoms with Gasteiger partial charge in [0.25, 0.3) is 0 Å². The lowest BCUT2D eigenvalue weighted by molar-refractivity contribution is 0.159. The quantitative estimate of drug-likeness (QED) is 0.789. The Hall–Kier alpha value is 0.270. The third-order valence-corrected chi connectivity index (χ3v) is 5.90. The van der Waals surface area contributed by atoms with Crippen molar-refractivity contribution in [1.82, 2.24) is 10.2 Å². The van der Waals surface area contributed by atoms with Crippen LogP contribution in [-0.4, -0.2) is 48.1 Å². The summed E-state index contributed by atoms with van der Waals surface area (Å²) in [6, 6.07) is 0.678. The van der Waals surface area contributed by atoms with Crippen molar-refractivity contribution < 1.29 is 0 Å². The van der Waals surface area contributed by atoms with E-state index in [-0.39, 0.29) is 0 Å². The molecule has 17 heavy (non-hydrogen) atoms. The topological polar surface area (TPSA) is 15.3 Å². The highest BCUT2D eigenvalue weighted by molar-refractivity contribution is 8.00. The Morgan fingerprint density at radius 3 is 2.47 bits per heavy atom. The molecule has 1 aliphatic rings. The van der Waals surface area contributed by atoms with E-state index in [2.05, 4.69) is 55.9 Å². The molecule has 0 saturated carbocycles. The molecule has 0 aromatic carbocycles. The molecule has 0 bridgehead atoms. The summed E-state index contributed by atoms with van der Waals surface area (Å²) in [5.74, 6) is 0.740. The van der Waals surface area contributed by atoms with Gasteiger partial charge in [0.2, 0.25) is 0 Å². The van der Waals surface area contributed by atoms with Crippen molar-refractivity contribution in [2.45, 2.75) is 51.3 Å². The Balaban J connectivity index is 2.55. The lowest BCUT2D eigenvalue weighted by atomic mass is 9.98. The second kappa shape index (κ2) is 7.01. The Morgan fingerprint density at radius 2 is 2.00 bits per heavy atom. The van der Waals surface area contributed by atoms with Gasteiger partial charge in [0.1, 0.15) is 0 Å². The molecule has 0 aromatic heterocycles. The first-order valence-corrected chi connectivity index (χ1v) is 8.30. The summed E-state index contributed by atoms with van der Waals surface area (Å²) in [7, 11) is 0. The maximum Gasteiger partial charge on any atom is 0.0279 e. The van der Waals surface area contributed by atoms with Gasteiger partial charge < -0.3 is 5.32 Å². The van der Waals surface area contributed by atoms with E-state index in [0.29, 0.717) is 10.8 Å². The molecule has 0 spiro atoms. The Labute approximate surface area is 112 Å². The van der Waals surface area contributed by atoms with E-state index in [4.69, 9.17) is 0 Å². The van der Waals surface area contributed by atoms with Gasteiger partial charge in [-0.05, 0) is 25.0 Å². The van der Waals surface area contributed by atoms with Crippen molar-refractivity contribution in [3.8, 4) is 0 Å². The number of hydrogen-bond donors (Lipinski definition) is 1. The van der Waals surface area contributed by atoms with Gasteiger partial charge in [-0.25, -0.2) is 0 Å². The first-order chi connectivity index (χ1) is 8.06. The minimum Gasteiger partial charge on any atom is -0.311 e. The summed E-state index contributed by atoms with van der Waals surface area (Å²) in [6.07, 6.45) is 4.83. The molecule has 1 N–H and O–H groups in total. The van der Waals surface area contributed by atoms with Crippen LogP contribution in [0, 0.1) is 5.92 Å². The van der Waals surface area contributed by atoms with Crippen LogP contribution in [0.2, 0.25) is 0 Å². The van der Waals surface area contributed by atoms with Crippen LogP contribution in [0.25, 0.3) is 0 Å². The van der Waals surface area contributed by atoms with Crippen molar-refractivity contribution >= 4 is 11.8 Å². The minimum absolute atomic E-state index is 0.471. The lowest BCUT2D eigenvalue weighted by Crippen LogP contribution is -2.55. The Kier molecular flexibility index (Phi) is 6.32. The van der Waals surface area contributed by atoms with Crippen molar-refractivity contribution in [3.05, 3.63) is 0 Å². The summed E-state index contributed by atoms with van der Waals surface area (Å²) in [6.45, 7) is 14.2. The normalized spacial score (nSPS) is 23.3. The van der Waals surface area contributed by atoms with Crippen molar-refractivity contribution in [2.75, 3.05) is 32.4 Å². The molecule has 0 amide bonds. The number of hydrogen-bond acceptors (Lipinski definition) is 3. The molecule has 1 aliphatic heterocycles. The van der Waals surface area contributed by atoms with Crippen LogP contribution in [0.15, 0.2) is 0 Å². The molecule has 0 aliphatic carbocycles. The largest absolute Gasteiger partial charge is 0.311 e. The standard InChI is InChI=1S/C14H30N2S/c1-6-14(7-2,17-5)11-16-9-8-15-13(10-16)12(3)4/h12-13,15H,6-11H2,1-5H3. The Bertz CT molecular complexity index is 206. The highest BCUT2D eigenvalue weighted by Gasteiger charge is 2.30. The summed E-state index contributed by atoms with van der Waals surface area (Å²) < 4.78 is 0.471. The van der Waals surface area contributed by atoms with Crippen LogP contribution in [0.1, 0.15) is 40.5 Å². The number of piperazine rings is 1. The van der Waals surface area contributed by atoms with Gasteiger partial charge >= 0.3 is 0 Å². The zero-order valence-corrected chi connectivity index (χ0v) is 13.1. The van der Waals surface area contributed by atoms with Crippen LogP contribution in [0.3, 0.4) is 0 Å². The molecular weight excluding hydrogens is 228 g/mol. The summed E-state index contributed by atoms with van der Waals surface area (Å²) >= 11 is 2.06. The smallest absolute Gasteiger partial charge is 0.0279 e. The second-order valence-electron chi connectivity index (χ2n) is 5.63. The van der Waals surface area contributed by atoms with Crippen molar-refractivity contribution in [1.29, 1.82) is 0 Å². The number of thioether (sulfide) groups is 1. The average molecular weight is 258 g/mol. The average Bonchev–Trinajstić information content (AvgIpc) is 2.36. The first-order valence-electron chi connectivity index (χ1n) is 7.07. The van der Waals surface area contributed by atoms with E-state index in [1.807, 2.05) is 0 Å². The van der Waals surface area contributed by atoms with Gasteiger partial charge in [-0.1, -0.05) is 27.7 Å². The predicted molar refractivity (Wildman–Crippen MR) is 79.9 cm³/mol. The Morgan fingerprint density at radius 1 is 1.35 bits per heavy atom. The van der Waals surface area contributed by atoms with Crippen LogP contribution in [0.5, 0.6) is 0 Å². The van der Waals surface area contributed by atoms with Gasteiger partial charge in [-0.2, -0.15) is 11.8 Å². The monoisotopic (exact) mass is 258 g/mol. The predicted octanol–water partition coefficient (Wildman–Crippen LogP) is 2.84. The number of rotatable bonds is 6. The van der Waals surface area contributed by atoms with Gasteiger partial charge in [-0.15, -0.1) is 0 Å². The van der Waals surface area contributed by atoms with E-state index < -0.39 is 0 Å². The third-order valence-electron chi connectivity index (χ3n) is 4.33. The van der Waals surface area contributed by atoms with Gasteiger partial charge in [0, 0.05) is 37.0 Å². The van der Waals surface area contributed by atoms with Crippen molar-refractivity contribution in [3.63, 3.8) is 0 Å². The summed E-state index contributed by atoms with van der Waals surface area (Å²) in [5, 5.41) is 3.64. The number of nitrogens with one attached hydrogen (secondary N) is 1. The molecule has 3 heteroatoms. The second-order valence-corrected chi connectivity index (χ2v) is 6.91. The SMILES string of the molecule is CCC(CC)(CN1CCNC(C(C)C)C1)SC. The van der Waals surface area contributed by atoms with Gasteiger partial charge in [-0.3, -0.25) is 4.90 Å². The molecule has 1 fully saturated rings. The summed E-state index contributed by atoms with van der Waals surface area (Å²) in [5.41, 5.74) is 0. The van der Waals surface area contributed by atoms with Gasteiger partial charge in [0.15, 0.2) is 0 Å². The highest BCUT2D eigenvalue weighted by Crippen LogP contribution is 2.31. The van der Waals surface area contributed by atoms with Crippen LogP contribution < -0.4 is 5.32 Å². The highest BCUT2D eigenvalue weighted by atomic mass is 32.2. The van der Waals surface area contributed by atoms with Crippen LogP contribution in [0.4, 0.5) is 0 Å². The van der Waals surface area contributed by atoms with E-state index in [1.165, 1.54) is 32.5 Å². The zero-order valence-electron chi connectivity index (χ0n) is 12.3. The molecule has 0 radical (unpaired) electrons. The molecule has 1 unspecified atom stereocenters. The van der Waals surface area contributed by atoms with E-state index >= 15 is 0 Å². The van der Waals surface area contributed by atoms with E-state index in [9.17, 15) is 0 Å². The molecule has 0 aromatic rings. The maximum atomic E-state index is 3.64. The molecule has 1 saturated heterocycles. The fourth-order valence-electron chi connectivity index (χ4n) is 2.67. The van der Waals surface area contributed by atoms with E-state index in [0.717, 1.165) is 12.5 Å². The maximum absolute atomic E-state index is 3.64. The first kappa shape index (κ1) is 15.3. The lowest BCUT2D eigenvalue weighted by Gasteiger charge is -2.41. The fourth-order valence-corrected chi connectivity index (χ4v) is 3.56. The van der Waals surface area contributed by atoms with Gasteiger partial charge in [0.05, 0.1) is 0 Å². The molecular formula is C14H30N2S. The van der Waals surface area contributed by atoms with Crippen LogP contribution in [-0.2, 0) is 0 Å². The third kappa shape index (κ3) is 4.15. The number of nitrogens with zero attached hydrogens (tertiary/aromatic N) is 1.